The van der Waals surface area contributed by atoms with E-state index < -0.39 is 10.0 Å². The van der Waals surface area contributed by atoms with Crippen molar-refractivity contribution in [2.45, 2.75) is 39.8 Å². The van der Waals surface area contributed by atoms with E-state index in [2.05, 4.69) is 0 Å². The Labute approximate surface area is 102 Å². The monoisotopic (exact) mass is 261 g/mol. The van der Waals surface area contributed by atoms with E-state index in [1.165, 1.54) is 0 Å². The molecule has 0 bridgehead atoms. The first-order valence-corrected chi connectivity index (χ1v) is 7.98. The van der Waals surface area contributed by atoms with E-state index in [-0.39, 0.29) is 11.8 Å². The highest BCUT2D eigenvalue weighted by molar-refractivity contribution is 7.89. The third kappa shape index (κ3) is 3.57. The van der Waals surface area contributed by atoms with Crippen LogP contribution in [0.1, 0.15) is 32.1 Å². The van der Waals surface area contributed by atoms with Gasteiger partial charge in [0.25, 0.3) is 0 Å². The number of hydrogen-bond donors (Lipinski definition) is 0. The molecule has 0 aliphatic carbocycles. The minimum atomic E-state index is -3.11. The summed E-state index contributed by atoms with van der Waals surface area (Å²) in [5.41, 5.74) is 0. The van der Waals surface area contributed by atoms with Gasteiger partial charge < -0.3 is 0 Å². The van der Waals surface area contributed by atoms with Crippen molar-refractivity contribution in [2.75, 3.05) is 5.75 Å². The van der Waals surface area contributed by atoms with Gasteiger partial charge in [-0.2, -0.15) is 4.31 Å². The van der Waals surface area contributed by atoms with Crippen LogP contribution in [0.4, 0.5) is 0 Å². The highest BCUT2D eigenvalue weighted by Crippen LogP contribution is 2.17. The van der Waals surface area contributed by atoms with Gasteiger partial charge in [0.05, 0.1) is 5.75 Å². The molecule has 5 heteroatoms. The summed E-state index contributed by atoms with van der Waals surface area (Å²) >= 11 is 1.60. The molecule has 1 rings (SSSR count). The zero-order valence-corrected chi connectivity index (χ0v) is 11.6. The van der Waals surface area contributed by atoms with E-state index in [1.54, 1.807) is 15.6 Å². The predicted octanol–water partition coefficient (Wildman–Crippen LogP) is 2.70. The molecule has 16 heavy (non-hydrogen) atoms. The molecule has 0 aliphatic rings. The van der Waals surface area contributed by atoms with Gasteiger partial charge in [0.2, 0.25) is 10.0 Å². The highest BCUT2D eigenvalue weighted by Gasteiger charge is 2.24. The molecule has 0 aliphatic heterocycles. The smallest absolute Gasteiger partial charge is 0.212 e. The van der Waals surface area contributed by atoms with Crippen molar-refractivity contribution < 1.29 is 8.42 Å². The number of rotatable bonds is 6. The van der Waals surface area contributed by atoms with Crippen LogP contribution in [0.5, 0.6) is 0 Å². The fourth-order valence-electron chi connectivity index (χ4n) is 1.53. The summed E-state index contributed by atoms with van der Waals surface area (Å²) in [5.74, 6) is 0.233. The van der Waals surface area contributed by atoms with Gasteiger partial charge in [0, 0.05) is 17.5 Å². The van der Waals surface area contributed by atoms with Crippen molar-refractivity contribution >= 4 is 21.4 Å². The number of nitrogens with zero attached hydrogens (tertiary/aromatic N) is 1. The maximum absolute atomic E-state index is 12.0. The topological polar surface area (TPSA) is 37.4 Å². The van der Waals surface area contributed by atoms with Crippen LogP contribution in [-0.4, -0.2) is 24.5 Å². The molecule has 92 valence electrons. The molecule has 3 nitrogen and oxygen atoms in total. The van der Waals surface area contributed by atoms with Crippen LogP contribution < -0.4 is 0 Å². The summed E-state index contributed by atoms with van der Waals surface area (Å²) in [6.07, 6.45) is 0.663. The highest BCUT2D eigenvalue weighted by atomic mass is 32.2. The Kier molecular flexibility index (Phi) is 4.95. The zero-order valence-electron chi connectivity index (χ0n) is 10.0. The Morgan fingerprint density at radius 3 is 2.56 bits per heavy atom. The van der Waals surface area contributed by atoms with Crippen LogP contribution >= 0.6 is 11.3 Å². The second-order valence-corrected chi connectivity index (χ2v) is 7.11. The summed E-state index contributed by atoms with van der Waals surface area (Å²) in [6, 6.07) is 3.94. The first-order valence-electron chi connectivity index (χ1n) is 5.49. The third-order valence-electron chi connectivity index (χ3n) is 2.29. The molecule has 1 heterocycles. The Bertz CT molecular complexity index is 396. The lowest BCUT2D eigenvalue weighted by atomic mass is 10.4. The van der Waals surface area contributed by atoms with Gasteiger partial charge in [-0.15, -0.1) is 11.3 Å². The van der Waals surface area contributed by atoms with Crippen LogP contribution in [0.15, 0.2) is 17.5 Å². The molecule has 0 fully saturated rings. The lowest BCUT2D eigenvalue weighted by molar-refractivity contribution is 0.350. The first-order chi connectivity index (χ1) is 7.47. The zero-order chi connectivity index (χ0) is 12.2. The fourth-order valence-corrected chi connectivity index (χ4v) is 4.05. The van der Waals surface area contributed by atoms with Crippen molar-refractivity contribution in [1.29, 1.82) is 0 Å². The molecule has 1 aromatic rings. The number of sulfonamides is 1. The van der Waals surface area contributed by atoms with Gasteiger partial charge in [-0.1, -0.05) is 13.0 Å². The molecule has 0 aromatic carbocycles. The van der Waals surface area contributed by atoms with Crippen LogP contribution in [0.3, 0.4) is 0 Å². The van der Waals surface area contributed by atoms with E-state index in [1.807, 2.05) is 38.3 Å². The van der Waals surface area contributed by atoms with Crippen LogP contribution in [0.25, 0.3) is 0 Å². The Morgan fingerprint density at radius 1 is 1.44 bits per heavy atom. The standard InChI is InChI=1S/C11H19NO2S2/c1-4-8-16(13,14)12(10(2)3)9-11-6-5-7-15-11/h5-7,10H,4,8-9H2,1-3H3. The number of thiophene rings is 1. The third-order valence-corrected chi connectivity index (χ3v) is 5.34. The molecule has 0 atom stereocenters. The maximum Gasteiger partial charge on any atom is 0.214 e. The Morgan fingerprint density at radius 2 is 2.12 bits per heavy atom. The van der Waals surface area contributed by atoms with Crippen molar-refractivity contribution in [3.05, 3.63) is 22.4 Å². The molecular formula is C11H19NO2S2. The van der Waals surface area contributed by atoms with E-state index in [0.29, 0.717) is 13.0 Å². The molecule has 0 unspecified atom stereocenters. The van der Waals surface area contributed by atoms with Crippen molar-refractivity contribution in [2.24, 2.45) is 0 Å². The van der Waals surface area contributed by atoms with Gasteiger partial charge in [-0.25, -0.2) is 8.42 Å². The SMILES string of the molecule is CCCS(=O)(=O)N(Cc1cccs1)C(C)C. The molecule has 0 saturated heterocycles. The number of hydrogen-bond acceptors (Lipinski definition) is 3. The largest absolute Gasteiger partial charge is 0.214 e. The maximum atomic E-state index is 12.0. The van der Waals surface area contributed by atoms with Gasteiger partial charge in [0.1, 0.15) is 0 Å². The van der Waals surface area contributed by atoms with Gasteiger partial charge in [-0.3, -0.25) is 0 Å². The van der Waals surface area contributed by atoms with Crippen LogP contribution in [-0.2, 0) is 16.6 Å². The normalized spacial score (nSPS) is 12.6. The molecule has 0 radical (unpaired) electrons. The summed E-state index contributed by atoms with van der Waals surface area (Å²) in [7, 11) is -3.11. The van der Waals surface area contributed by atoms with E-state index in [0.717, 1.165) is 4.88 Å². The molecule has 0 N–H and O–H groups in total. The average Bonchev–Trinajstić information content (AvgIpc) is 2.65. The molecular weight excluding hydrogens is 242 g/mol. The summed E-state index contributed by atoms with van der Waals surface area (Å²) in [4.78, 5) is 1.09. The molecule has 0 amide bonds. The lowest BCUT2D eigenvalue weighted by Crippen LogP contribution is -2.37. The predicted molar refractivity (Wildman–Crippen MR) is 69.1 cm³/mol. The summed E-state index contributed by atoms with van der Waals surface area (Å²) < 4.78 is 25.6. The quantitative estimate of drug-likeness (QED) is 0.789. The average molecular weight is 261 g/mol. The van der Waals surface area contributed by atoms with Crippen LogP contribution in [0.2, 0.25) is 0 Å². The van der Waals surface area contributed by atoms with E-state index in [9.17, 15) is 8.42 Å². The molecule has 0 saturated carbocycles. The van der Waals surface area contributed by atoms with Gasteiger partial charge in [-0.05, 0) is 31.7 Å². The van der Waals surface area contributed by atoms with Crippen molar-refractivity contribution in [3.63, 3.8) is 0 Å². The minimum Gasteiger partial charge on any atom is -0.212 e. The first kappa shape index (κ1) is 13.7. The summed E-state index contributed by atoms with van der Waals surface area (Å²) in [6.45, 7) is 6.22. The van der Waals surface area contributed by atoms with Crippen molar-refractivity contribution in [3.8, 4) is 0 Å². The molecule has 0 spiro atoms. The van der Waals surface area contributed by atoms with E-state index >= 15 is 0 Å². The van der Waals surface area contributed by atoms with Crippen molar-refractivity contribution in [1.82, 2.24) is 4.31 Å². The lowest BCUT2D eigenvalue weighted by Gasteiger charge is -2.25. The van der Waals surface area contributed by atoms with Gasteiger partial charge >= 0.3 is 0 Å². The summed E-state index contributed by atoms with van der Waals surface area (Å²) in [5, 5.41) is 1.97. The van der Waals surface area contributed by atoms with E-state index in [4.69, 9.17) is 0 Å². The fraction of sp³-hybridized carbons (Fsp3) is 0.636. The van der Waals surface area contributed by atoms with Crippen LogP contribution in [0, 0.1) is 0 Å². The van der Waals surface area contributed by atoms with Gasteiger partial charge in [0.15, 0.2) is 0 Å². The second kappa shape index (κ2) is 5.80. The second-order valence-electron chi connectivity index (χ2n) is 4.03. The Balaban J connectivity index is 2.84. The minimum absolute atomic E-state index is 0.0126. The molecule has 1 aromatic heterocycles. The Hall–Kier alpha value is -0.390.